The standard InChI is InChI=1S/C15H18FN3O5/c1-24-7-4-12(14(21)22)18-13(20)10-8-9(2-3-11(10)16)19-6-5-17-15(19)23/h2-3,8,12H,4-7H2,1H3,(H,17,23)(H,18,20)(H,21,22). The van der Waals surface area contributed by atoms with Gasteiger partial charge in [0.05, 0.1) is 5.56 Å². The maximum atomic E-state index is 14.0. The molecule has 1 aliphatic heterocycles. The van der Waals surface area contributed by atoms with Crippen molar-refractivity contribution in [3.63, 3.8) is 0 Å². The van der Waals surface area contributed by atoms with Crippen molar-refractivity contribution in [2.75, 3.05) is 31.7 Å². The highest BCUT2D eigenvalue weighted by molar-refractivity contribution is 5.99. The number of nitrogens with zero attached hydrogens (tertiary/aromatic N) is 1. The molecule has 130 valence electrons. The summed E-state index contributed by atoms with van der Waals surface area (Å²) in [6.07, 6.45) is 0.0490. The molecule has 1 atom stereocenters. The Balaban J connectivity index is 2.18. The highest BCUT2D eigenvalue weighted by atomic mass is 19.1. The Morgan fingerprint density at radius 1 is 1.50 bits per heavy atom. The molecule has 0 spiro atoms. The SMILES string of the molecule is COCCC(NC(=O)c1cc(N2CCNC2=O)ccc1F)C(=O)O. The van der Waals surface area contributed by atoms with Crippen LogP contribution in [0.5, 0.6) is 0 Å². The Kier molecular flexibility index (Phi) is 5.69. The van der Waals surface area contributed by atoms with Gasteiger partial charge in [-0.1, -0.05) is 0 Å². The molecule has 8 nitrogen and oxygen atoms in total. The number of nitrogens with one attached hydrogen (secondary N) is 2. The first kappa shape index (κ1) is 17.7. The van der Waals surface area contributed by atoms with Crippen LogP contribution in [-0.2, 0) is 9.53 Å². The molecule has 3 N–H and O–H groups in total. The zero-order valence-electron chi connectivity index (χ0n) is 13.0. The van der Waals surface area contributed by atoms with Crippen molar-refractivity contribution in [1.29, 1.82) is 0 Å². The Bertz CT molecular complexity index is 652. The number of carbonyl (C=O) groups is 3. The van der Waals surface area contributed by atoms with E-state index in [1.165, 1.54) is 24.1 Å². The first-order chi connectivity index (χ1) is 11.4. The number of hydrogen-bond acceptors (Lipinski definition) is 4. The van der Waals surface area contributed by atoms with E-state index in [1.807, 2.05) is 0 Å². The quantitative estimate of drug-likeness (QED) is 0.673. The number of hydrogen-bond donors (Lipinski definition) is 3. The Morgan fingerprint density at radius 2 is 2.25 bits per heavy atom. The van der Waals surface area contributed by atoms with Gasteiger partial charge < -0.3 is 20.5 Å². The second kappa shape index (κ2) is 7.73. The number of carboxylic acid groups (broad SMARTS) is 1. The summed E-state index contributed by atoms with van der Waals surface area (Å²) in [6, 6.07) is 2.15. The lowest BCUT2D eigenvalue weighted by Gasteiger charge is -2.17. The largest absolute Gasteiger partial charge is 0.480 e. The van der Waals surface area contributed by atoms with Crippen LogP contribution in [0.15, 0.2) is 18.2 Å². The molecular formula is C15H18FN3O5. The summed E-state index contributed by atoms with van der Waals surface area (Å²) in [5.74, 6) is -2.90. The van der Waals surface area contributed by atoms with Crippen LogP contribution < -0.4 is 15.5 Å². The van der Waals surface area contributed by atoms with Crippen molar-refractivity contribution in [3.8, 4) is 0 Å². The molecule has 2 rings (SSSR count). The van der Waals surface area contributed by atoms with Gasteiger partial charge in [-0.3, -0.25) is 9.69 Å². The highest BCUT2D eigenvalue weighted by Crippen LogP contribution is 2.20. The first-order valence-corrected chi connectivity index (χ1v) is 7.31. The van der Waals surface area contributed by atoms with Gasteiger partial charge in [0.25, 0.3) is 5.91 Å². The van der Waals surface area contributed by atoms with Crippen LogP contribution in [0.25, 0.3) is 0 Å². The van der Waals surface area contributed by atoms with E-state index in [-0.39, 0.29) is 24.6 Å². The molecule has 3 amide bonds. The minimum Gasteiger partial charge on any atom is -0.480 e. The molecule has 1 aromatic rings. The number of rotatable bonds is 7. The fourth-order valence-electron chi connectivity index (χ4n) is 2.30. The number of methoxy groups -OCH3 is 1. The topological polar surface area (TPSA) is 108 Å². The number of aliphatic carboxylic acids is 1. The fourth-order valence-corrected chi connectivity index (χ4v) is 2.30. The average Bonchev–Trinajstić information content (AvgIpc) is 2.97. The zero-order chi connectivity index (χ0) is 17.7. The van der Waals surface area contributed by atoms with Crippen LogP contribution in [0.4, 0.5) is 14.9 Å². The van der Waals surface area contributed by atoms with E-state index in [2.05, 4.69) is 10.6 Å². The van der Waals surface area contributed by atoms with E-state index in [1.54, 1.807) is 0 Å². The van der Waals surface area contributed by atoms with Crippen molar-refractivity contribution in [2.45, 2.75) is 12.5 Å². The van der Waals surface area contributed by atoms with Gasteiger partial charge in [-0.25, -0.2) is 14.0 Å². The molecule has 0 bridgehead atoms. The summed E-state index contributed by atoms with van der Waals surface area (Å²) in [5, 5.41) is 14.0. The number of halogens is 1. The van der Waals surface area contributed by atoms with E-state index >= 15 is 0 Å². The smallest absolute Gasteiger partial charge is 0.326 e. The zero-order valence-corrected chi connectivity index (χ0v) is 13.0. The van der Waals surface area contributed by atoms with E-state index in [0.29, 0.717) is 18.8 Å². The van der Waals surface area contributed by atoms with E-state index in [4.69, 9.17) is 9.84 Å². The summed E-state index contributed by atoms with van der Waals surface area (Å²) < 4.78 is 18.7. The number of carboxylic acids is 1. The van der Waals surface area contributed by atoms with Crippen molar-refractivity contribution >= 4 is 23.6 Å². The van der Waals surface area contributed by atoms with Crippen molar-refractivity contribution < 1.29 is 28.6 Å². The summed E-state index contributed by atoms with van der Waals surface area (Å²) >= 11 is 0. The molecule has 1 aliphatic rings. The number of ether oxygens (including phenoxy) is 1. The fraction of sp³-hybridized carbons (Fsp3) is 0.400. The van der Waals surface area contributed by atoms with Crippen LogP contribution in [0.3, 0.4) is 0 Å². The Hall–Kier alpha value is -2.68. The maximum absolute atomic E-state index is 14.0. The summed E-state index contributed by atoms with van der Waals surface area (Å²) in [4.78, 5) is 36.4. The molecule has 0 radical (unpaired) electrons. The molecule has 9 heteroatoms. The first-order valence-electron chi connectivity index (χ1n) is 7.31. The van der Waals surface area contributed by atoms with E-state index in [9.17, 15) is 18.8 Å². The number of carbonyl (C=O) groups excluding carboxylic acids is 2. The maximum Gasteiger partial charge on any atom is 0.326 e. The Morgan fingerprint density at radius 3 is 2.83 bits per heavy atom. The second-order valence-corrected chi connectivity index (χ2v) is 5.19. The van der Waals surface area contributed by atoms with Crippen LogP contribution in [0.2, 0.25) is 0 Å². The van der Waals surface area contributed by atoms with Gasteiger partial charge in [-0.15, -0.1) is 0 Å². The normalized spacial score (nSPS) is 15.1. The van der Waals surface area contributed by atoms with Gasteiger partial charge in [0.1, 0.15) is 11.9 Å². The summed E-state index contributed by atoms with van der Waals surface area (Å²) in [7, 11) is 1.41. The molecule has 24 heavy (non-hydrogen) atoms. The lowest BCUT2D eigenvalue weighted by molar-refractivity contribution is -0.139. The van der Waals surface area contributed by atoms with Gasteiger partial charge >= 0.3 is 12.0 Å². The van der Waals surface area contributed by atoms with Crippen molar-refractivity contribution in [1.82, 2.24) is 10.6 Å². The van der Waals surface area contributed by atoms with Crippen LogP contribution in [0, 0.1) is 5.82 Å². The number of benzene rings is 1. The molecule has 1 saturated heterocycles. The predicted octanol–water partition coefficient (Wildman–Crippen LogP) is 0.575. The van der Waals surface area contributed by atoms with Crippen LogP contribution >= 0.6 is 0 Å². The average molecular weight is 339 g/mol. The molecular weight excluding hydrogens is 321 g/mol. The second-order valence-electron chi connectivity index (χ2n) is 5.19. The van der Waals surface area contributed by atoms with Gasteiger partial charge in [-0.2, -0.15) is 0 Å². The lowest BCUT2D eigenvalue weighted by atomic mass is 10.1. The van der Waals surface area contributed by atoms with E-state index < -0.39 is 23.7 Å². The summed E-state index contributed by atoms with van der Waals surface area (Å²) in [6.45, 7) is 0.987. The molecule has 0 saturated carbocycles. The number of amides is 3. The lowest BCUT2D eigenvalue weighted by Crippen LogP contribution is -2.41. The number of anilines is 1. The van der Waals surface area contributed by atoms with Crippen LogP contribution in [0.1, 0.15) is 16.8 Å². The highest BCUT2D eigenvalue weighted by Gasteiger charge is 2.25. The van der Waals surface area contributed by atoms with Crippen molar-refractivity contribution in [3.05, 3.63) is 29.6 Å². The molecule has 0 aromatic heterocycles. The molecule has 1 aromatic carbocycles. The third-order valence-electron chi connectivity index (χ3n) is 3.58. The molecule has 1 fully saturated rings. The summed E-state index contributed by atoms with van der Waals surface area (Å²) in [5.41, 5.74) is 0.0381. The molecule has 0 aliphatic carbocycles. The van der Waals surface area contributed by atoms with Gasteiger partial charge in [0, 0.05) is 38.9 Å². The van der Waals surface area contributed by atoms with Gasteiger partial charge in [-0.05, 0) is 18.2 Å². The number of urea groups is 1. The minimum atomic E-state index is -1.24. The minimum absolute atomic E-state index is 0.0490. The monoisotopic (exact) mass is 339 g/mol. The molecule has 1 unspecified atom stereocenters. The van der Waals surface area contributed by atoms with Crippen LogP contribution in [-0.4, -0.2) is 55.9 Å². The predicted molar refractivity (Wildman–Crippen MR) is 82.5 cm³/mol. The Labute approximate surface area is 137 Å². The van der Waals surface area contributed by atoms with Gasteiger partial charge in [0.15, 0.2) is 0 Å². The third kappa shape index (κ3) is 3.99. The van der Waals surface area contributed by atoms with E-state index in [0.717, 1.165) is 6.07 Å². The third-order valence-corrected chi connectivity index (χ3v) is 3.58. The molecule has 1 heterocycles. The van der Waals surface area contributed by atoms with Gasteiger partial charge in [0.2, 0.25) is 0 Å². The van der Waals surface area contributed by atoms with Crippen molar-refractivity contribution in [2.24, 2.45) is 0 Å².